The second-order valence-electron chi connectivity index (χ2n) is 4.89. The molecule has 0 spiro atoms. The van der Waals surface area contributed by atoms with Crippen LogP contribution in [-0.2, 0) is 13.2 Å². The second kappa shape index (κ2) is 8.56. The van der Waals surface area contributed by atoms with E-state index in [-0.39, 0.29) is 12.4 Å². The molecule has 122 valence electrons. The maximum Gasteiger partial charge on any atom is 0.166 e. The summed E-state index contributed by atoms with van der Waals surface area (Å²) >= 11 is 6.04. The van der Waals surface area contributed by atoms with E-state index >= 15 is 0 Å². The van der Waals surface area contributed by atoms with Gasteiger partial charge in [-0.25, -0.2) is 4.39 Å². The SMILES string of the molecule is C=CCNCc1cccc(OC)c1OCc1ccc(F)cc1Cl. The number of halogens is 2. The summed E-state index contributed by atoms with van der Waals surface area (Å²) in [6.45, 7) is 5.22. The number of rotatable bonds is 8. The maximum absolute atomic E-state index is 13.1. The van der Waals surface area contributed by atoms with Crippen molar-refractivity contribution in [1.82, 2.24) is 5.32 Å². The number of methoxy groups -OCH3 is 1. The van der Waals surface area contributed by atoms with Gasteiger partial charge in [-0.15, -0.1) is 6.58 Å². The Kier molecular flexibility index (Phi) is 6.44. The maximum atomic E-state index is 13.1. The van der Waals surface area contributed by atoms with Crippen LogP contribution in [0.1, 0.15) is 11.1 Å². The van der Waals surface area contributed by atoms with Crippen molar-refractivity contribution in [3.05, 3.63) is 71.0 Å². The molecule has 0 saturated carbocycles. The molecule has 0 unspecified atom stereocenters. The quantitative estimate of drug-likeness (QED) is 0.575. The molecule has 0 saturated heterocycles. The number of nitrogens with one attached hydrogen (secondary N) is 1. The normalized spacial score (nSPS) is 10.4. The molecule has 2 aromatic rings. The van der Waals surface area contributed by atoms with Crippen LogP contribution in [0.4, 0.5) is 4.39 Å². The van der Waals surface area contributed by atoms with Crippen molar-refractivity contribution in [3.63, 3.8) is 0 Å². The van der Waals surface area contributed by atoms with E-state index in [1.807, 2.05) is 18.2 Å². The molecule has 0 aliphatic heterocycles. The highest BCUT2D eigenvalue weighted by atomic mass is 35.5. The minimum absolute atomic E-state index is 0.230. The molecule has 0 atom stereocenters. The Morgan fingerprint density at radius 2 is 2.09 bits per heavy atom. The fraction of sp³-hybridized carbons (Fsp3) is 0.222. The van der Waals surface area contributed by atoms with Gasteiger partial charge < -0.3 is 14.8 Å². The largest absolute Gasteiger partial charge is 0.493 e. The van der Waals surface area contributed by atoms with Gasteiger partial charge in [-0.2, -0.15) is 0 Å². The fourth-order valence-electron chi connectivity index (χ4n) is 2.12. The summed E-state index contributed by atoms with van der Waals surface area (Å²) in [6, 6.07) is 9.94. The van der Waals surface area contributed by atoms with Crippen molar-refractivity contribution in [1.29, 1.82) is 0 Å². The van der Waals surface area contributed by atoms with Gasteiger partial charge in [-0.05, 0) is 18.2 Å². The van der Waals surface area contributed by atoms with Gasteiger partial charge in [0.15, 0.2) is 11.5 Å². The minimum atomic E-state index is -0.370. The zero-order chi connectivity index (χ0) is 16.7. The van der Waals surface area contributed by atoms with Crippen molar-refractivity contribution in [2.24, 2.45) is 0 Å². The molecular weight excluding hydrogens is 317 g/mol. The van der Waals surface area contributed by atoms with Crippen LogP contribution in [0.2, 0.25) is 5.02 Å². The molecule has 5 heteroatoms. The molecule has 0 aromatic heterocycles. The van der Waals surface area contributed by atoms with Gasteiger partial charge in [0.1, 0.15) is 12.4 Å². The summed E-state index contributed by atoms with van der Waals surface area (Å²) in [5, 5.41) is 3.57. The Labute approximate surface area is 140 Å². The van der Waals surface area contributed by atoms with E-state index in [0.29, 0.717) is 35.2 Å². The molecule has 0 bridgehead atoms. The van der Waals surface area contributed by atoms with Crippen LogP contribution in [0.3, 0.4) is 0 Å². The monoisotopic (exact) mass is 335 g/mol. The Morgan fingerprint density at radius 1 is 1.26 bits per heavy atom. The number of benzene rings is 2. The predicted molar refractivity (Wildman–Crippen MR) is 90.6 cm³/mol. The lowest BCUT2D eigenvalue weighted by Crippen LogP contribution is -2.14. The summed E-state index contributed by atoms with van der Waals surface area (Å²) < 4.78 is 24.4. The van der Waals surface area contributed by atoms with Crippen molar-refractivity contribution < 1.29 is 13.9 Å². The smallest absolute Gasteiger partial charge is 0.166 e. The van der Waals surface area contributed by atoms with Gasteiger partial charge in [-0.1, -0.05) is 35.9 Å². The molecule has 1 N–H and O–H groups in total. The second-order valence-corrected chi connectivity index (χ2v) is 5.30. The molecule has 0 aliphatic carbocycles. The van der Waals surface area contributed by atoms with Crippen LogP contribution >= 0.6 is 11.6 Å². The molecule has 3 nitrogen and oxygen atoms in total. The first-order valence-electron chi connectivity index (χ1n) is 7.20. The van der Waals surface area contributed by atoms with Crippen molar-refractivity contribution in [2.75, 3.05) is 13.7 Å². The molecule has 0 heterocycles. The van der Waals surface area contributed by atoms with E-state index in [2.05, 4.69) is 11.9 Å². The Balaban J connectivity index is 2.17. The molecule has 0 radical (unpaired) electrons. The van der Waals surface area contributed by atoms with Crippen LogP contribution < -0.4 is 14.8 Å². The fourth-order valence-corrected chi connectivity index (χ4v) is 2.34. The van der Waals surface area contributed by atoms with Gasteiger partial charge in [0.2, 0.25) is 0 Å². The number of ether oxygens (including phenoxy) is 2. The van der Waals surface area contributed by atoms with Crippen LogP contribution in [-0.4, -0.2) is 13.7 Å². The summed E-state index contributed by atoms with van der Waals surface area (Å²) in [6.07, 6.45) is 1.79. The van der Waals surface area contributed by atoms with Gasteiger partial charge in [0.05, 0.1) is 12.1 Å². The molecule has 0 amide bonds. The van der Waals surface area contributed by atoms with Crippen LogP contribution in [0.5, 0.6) is 11.5 Å². The molecule has 0 aliphatic rings. The third-order valence-corrected chi connectivity index (χ3v) is 3.62. The van der Waals surface area contributed by atoms with Gasteiger partial charge in [0.25, 0.3) is 0 Å². The lowest BCUT2D eigenvalue weighted by atomic mass is 10.1. The topological polar surface area (TPSA) is 30.5 Å². The van der Waals surface area contributed by atoms with Crippen LogP contribution in [0.15, 0.2) is 49.1 Å². The van der Waals surface area contributed by atoms with Crippen molar-refractivity contribution in [3.8, 4) is 11.5 Å². The van der Waals surface area contributed by atoms with Crippen LogP contribution in [0.25, 0.3) is 0 Å². The Hall–Kier alpha value is -2.04. The Morgan fingerprint density at radius 3 is 2.78 bits per heavy atom. The highest BCUT2D eigenvalue weighted by molar-refractivity contribution is 6.31. The Bertz CT molecular complexity index is 676. The third-order valence-electron chi connectivity index (χ3n) is 3.27. The first-order valence-corrected chi connectivity index (χ1v) is 7.57. The molecule has 23 heavy (non-hydrogen) atoms. The minimum Gasteiger partial charge on any atom is -0.493 e. The van der Waals surface area contributed by atoms with Crippen molar-refractivity contribution in [2.45, 2.75) is 13.2 Å². The highest BCUT2D eigenvalue weighted by Crippen LogP contribution is 2.32. The lowest BCUT2D eigenvalue weighted by Gasteiger charge is -2.16. The van der Waals surface area contributed by atoms with E-state index < -0.39 is 0 Å². The highest BCUT2D eigenvalue weighted by Gasteiger charge is 2.12. The zero-order valence-electron chi connectivity index (χ0n) is 12.9. The lowest BCUT2D eigenvalue weighted by molar-refractivity contribution is 0.280. The third kappa shape index (κ3) is 4.71. The van der Waals surface area contributed by atoms with Crippen LogP contribution in [0, 0.1) is 5.82 Å². The zero-order valence-corrected chi connectivity index (χ0v) is 13.7. The number of para-hydroxylation sites is 1. The molecule has 2 aromatic carbocycles. The molecule has 0 fully saturated rings. The van der Waals surface area contributed by atoms with E-state index in [1.165, 1.54) is 12.1 Å². The predicted octanol–water partition coefficient (Wildman–Crippen LogP) is 4.34. The molecule has 2 rings (SSSR count). The van der Waals surface area contributed by atoms with E-state index in [9.17, 15) is 4.39 Å². The molecular formula is C18H19ClFNO2. The first kappa shape index (κ1) is 17.3. The van der Waals surface area contributed by atoms with E-state index in [1.54, 1.807) is 19.3 Å². The summed E-state index contributed by atoms with van der Waals surface area (Å²) in [7, 11) is 1.59. The van der Waals surface area contributed by atoms with Gasteiger partial charge >= 0.3 is 0 Å². The number of hydrogen-bond donors (Lipinski definition) is 1. The van der Waals surface area contributed by atoms with Crippen molar-refractivity contribution >= 4 is 11.6 Å². The number of hydrogen-bond acceptors (Lipinski definition) is 3. The summed E-state index contributed by atoms with van der Waals surface area (Å²) in [5.41, 5.74) is 1.67. The average molecular weight is 336 g/mol. The van der Waals surface area contributed by atoms with Gasteiger partial charge in [0, 0.05) is 24.2 Å². The summed E-state index contributed by atoms with van der Waals surface area (Å²) in [4.78, 5) is 0. The first-order chi connectivity index (χ1) is 11.2. The van der Waals surface area contributed by atoms with E-state index in [0.717, 1.165) is 5.56 Å². The standard InChI is InChI=1S/C18H19ClFNO2/c1-3-9-21-11-13-5-4-6-17(22-2)18(13)23-12-14-7-8-15(20)10-16(14)19/h3-8,10,21H,1,9,11-12H2,2H3. The summed E-state index contributed by atoms with van der Waals surface area (Å²) in [5.74, 6) is 0.915. The average Bonchev–Trinajstić information content (AvgIpc) is 2.55. The van der Waals surface area contributed by atoms with E-state index in [4.69, 9.17) is 21.1 Å². The van der Waals surface area contributed by atoms with Gasteiger partial charge in [-0.3, -0.25) is 0 Å².